The Balaban J connectivity index is 1.50. The van der Waals surface area contributed by atoms with Crippen LogP contribution in [0.3, 0.4) is 0 Å². The first kappa shape index (κ1) is 23.3. The van der Waals surface area contributed by atoms with Gasteiger partial charge < -0.3 is 10.4 Å². The molecule has 0 amide bonds. The molecule has 7 nitrogen and oxygen atoms in total. The van der Waals surface area contributed by atoms with E-state index in [1.165, 1.54) is 0 Å². The van der Waals surface area contributed by atoms with Gasteiger partial charge in [0, 0.05) is 30.8 Å². The van der Waals surface area contributed by atoms with Crippen molar-refractivity contribution in [1.29, 1.82) is 10.8 Å². The van der Waals surface area contributed by atoms with Crippen LogP contribution in [-0.4, -0.2) is 56.2 Å². The number of nitrogens with zero attached hydrogens (tertiary/aromatic N) is 3. The molecule has 1 saturated heterocycles. The molecule has 0 spiro atoms. The highest BCUT2D eigenvalue weighted by molar-refractivity contribution is 8.27. The molecular weight excluding hydrogens is 432 g/mol. The average molecular weight is 461 g/mol. The molecule has 1 aliphatic rings. The Bertz CT molecular complexity index is 1110. The summed E-state index contributed by atoms with van der Waals surface area (Å²) in [6.07, 6.45) is 2.08. The average Bonchev–Trinajstić information content (AvgIpc) is 3.14. The number of aliphatic hydroxyl groups is 1. The molecule has 8 heteroatoms. The van der Waals surface area contributed by atoms with Gasteiger partial charge in [0.05, 0.1) is 17.6 Å². The zero-order chi connectivity index (χ0) is 23.2. The fourth-order valence-electron chi connectivity index (χ4n) is 3.75. The van der Waals surface area contributed by atoms with Crippen molar-refractivity contribution in [3.63, 3.8) is 0 Å². The topological polar surface area (TPSA) is 109 Å². The number of nitrogens with one attached hydrogen (secondary N) is 3. The first-order valence-electron chi connectivity index (χ1n) is 11.0. The third-order valence-corrected chi connectivity index (χ3v) is 6.47. The van der Waals surface area contributed by atoms with Gasteiger partial charge in [0.1, 0.15) is 22.0 Å². The van der Waals surface area contributed by atoms with Crippen molar-refractivity contribution < 1.29 is 5.11 Å². The molecule has 0 saturated carbocycles. The fourth-order valence-corrected chi connectivity index (χ4v) is 4.50. The zero-order valence-electron chi connectivity index (χ0n) is 18.6. The minimum Gasteiger partial charge on any atom is -0.374 e. The molecule has 1 fully saturated rings. The standard InChI is InChI=1S/C25H28N6OS/c1-17-22(24(27)33-23(26)19-6-3-2-4-7-19)30-21(16-29-17)18-8-10-20(11-9-18)25(32)31-14-5-12-28-13-15-31/h2-4,6-11,16,25-28,32H,5,12-15H2,1H3. The summed E-state index contributed by atoms with van der Waals surface area (Å²) in [6, 6.07) is 17.1. The van der Waals surface area contributed by atoms with Crippen LogP contribution >= 0.6 is 11.8 Å². The van der Waals surface area contributed by atoms with Crippen LogP contribution in [0.2, 0.25) is 0 Å². The second kappa shape index (κ2) is 10.8. The van der Waals surface area contributed by atoms with Crippen LogP contribution in [0.25, 0.3) is 11.3 Å². The van der Waals surface area contributed by atoms with Crippen molar-refractivity contribution in [3.8, 4) is 11.3 Å². The van der Waals surface area contributed by atoms with Gasteiger partial charge in [-0.25, -0.2) is 4.98 Å². The molecule has 170 valence electrons. The zero-order valence-corrected chi connectivity index (χ0v) is 19.4. The SMILES string of the molecule is Cc1ncc(-c2ccc(C(O)N3CCCNCC3)cc2)nc1C(=N)SC(=N)c1ccccc1. The second-order valence-corrected chi connectivity index (χ2v) is 8.97. The van der Waals surface area contributed by atoms with Crippen molar-refractivity contribution in [1.82, 2.24) is 20.2 Å². The maximum atomic E-state index is 10.8. The Morgan fingerprint density at radius 2 is 1.79 bits per heavy atom. The highest BCUT2D eigenvalue weighted by atomic mass is 32.2. The van der Waals surface area contributed by atoms with E-state index in [-0.39, 0.29) is 5.04 Å². The van der Waals surface area contributed by atoms with Crippen LogP contribution in [0.4, 0.5) is 0 Å². The number of aliphatic hydroxyl groups excluding tert-OH is 1. The van der Waals surface area contributed by atoms with Crippen molar-refractivity contribution in [2.75, 3.05) is 26.2 Å². The Morgan fingerprint density at radius 1 is 1.03 bits per heavy atom. The van der Waals surface area contributed by atoms with E-state index in [0.29, 0.717) is 22.1 Å². The van der Waals surface area contributed by atoms with Gasteiger partial charge in [0.15, 0.2) is 0 Å². The third-order valence-electron chi connectivity index (χ3n) is 5.64. The number of rotatable bonds is 5. The fraction of sp³-hybridized carbons (Fsp3) is 0.280. The summed E-state index contributed by atoms with van der Waals surface area (Å²) >= 11 is 1.07. The number of hydrogen-bond donors (Lipinski definition) is 4. The third kappa shape index (κ3) is 5.72. The monoisotopic (exact) mass is 460 g/mol. The molecule has 4 N–H and O–H groups in total. The van der Waals surface area contributed by atoms with E-state index in [2.05, 4.69) is 20.2 Å². The van der Waals surface area contributed by atoms with Crippen LogP contribution in [0.5, 0.6) is 0 Å². The predicted octanol–water partition coefficient (Wildman–Crippen LogP) is 3.82. The predicted molar refractivity (Wildman–Crippen MR) is 134 cm³/mol. The summed E-state index contributed by atoms with van der Waals surface area (Å²) in [5.74, 6) is 0. The smallest absolute Gasteiger partial charge is 0.133 e. The molecule has 1 aliphatic heterocycles. The number of hydrogen-bond acceptors (Lipinski definition) is 8. The van der Waals surface area contributed by atoms with E-state index in [1.807, 2.05) is 61.5 Å². The van der Waals surface area contributed by atoms with Crippen molar-refractivity contribution in [2.45, 2.75) is 19.6 Å². The van der Waals surface area contributed by atoms with Gasteiger partial charge >= 0.3 is 0 Å². The van der Waals surface area contributed by atoms with E-state index >= 15 is 0 Å². The molecule has 3 aromatic rings. The summed E-state index contributed by atoms with van der Waals surface area (Å²) in [5, 5.41) is 31.4. The number of aromatic nitrogens is 2. The van der Waals surface area contributed by atoms with Crippen molar-refractivity contribution >= 4 is 21.8 Å². The molecule has 0 bridgehead atoms. The molecule has 0 aliphatic carbocycles. The summed E-state index contributed by atoms with van der Waals surface area (Å²) in [5.41, 5.74) is 4.27. The summed E-state index contributed by atoms with van der Waals surface area (Å²) in [4.78, 5) is 11.2. The maximum absolute atomic E-state index is 10.8. The van der Waals surface area contributed by atoms with Crippen LogP contribution in [0, 0.1) is 17.7 Å². The molecule has 1 unspecified atom stereocenters. The molecule has 2 heterocycles. The molecule has 33 heavy (non-hydrogen) atoms. The van der Waals surface area contributed by atoms with E-state index < -0.39 is 6.23 Å². The van der Waals surface area contributed by atoms with Crippen LogP contribution in [-0.2, 0) is 0 Å². The van der Waals surface area contributed by atoms with E-state index in [1.54, 1.807) is 6.20 Å². The second-order valence-electron chi connectivity index (χ2n) is 7.95. The number of benzene rings is 2. The largest absolute Gasteiger partial charge is 0.374 e. The lowest BCUT2D eigenvalue weighted by atomic mass is 10.1. The molecular formula is C25H28N6OS. The quantitative estimate of drug-likeness (QED) is 0.340. The van der Waals surface area contributed by atoms with Gasteiger partial charge in [-0.2, -0.15) is 0 Å². The van der Waals surface area contributed by atoms with Gasteiger partial charge in [-0.15, -0.1) is 0 Å². The highest BCUT2D eigenvalue weighted by Crippen LogP contribution is 2.25. The molecule has 4 rings (SSSR count). The molecule has 1 aromatic heterocycles. The Morgan fingerprint density at radius 3 is 2.55 bits per heavy atom. The normalized spacial score (nSPS) is 15.6. The lowest BCUT2D eigenvalue weighted by molar-refractivity contribution is 0.00622. The van der Waals surface area contributed by atoms with Crippen LogP contribution in [0.15, 0.2) is 60.8 Å². The Kier molecular flexibility index (Phi) is 7.61. The minimum absolute atomic E-state index is 0.192. The van der Waals surface area contributed by atoms with Crippen LogP contribution in [0.1, 0.15) is 35.2 Å². The lowest BCUT2D eigenvalue weighted by Crippen LogP contribution is -2.32. The van der Waals surface area contributed by atoms with Crippen LogP contribution < -0.4 is 5.32 Å². The lowest BCUT2D eigenvalue weighted by Gasteiger charge is -2.26. The first-order valence-corrected chi connectivity index (χ1v) is 11.8. The van der Waals surface area contributed by atoms with Gasteiger partial charge in [-0.3, -0.25) is 20.7 Å². The molecule has 1 atom stereocenters. The highest BCUT2D eigenvalue weighted by Gasteiger charge is 2.19. The molecule has 2 aromatic carbocycles. The maximum Gasteiger partial charge on any atom is 0.133 e. The van der Waals surface area contributed by atoms with E-state index in [9.17, 15) is 5.11 Å². The first-order chi connectivity index (χ1) is 16.0. The van der Waals surface area contributed by atoms with E-state index in [4.69, 9.17) is 10.8 Å². The van der Waals surface area contributed by atoms with Gasteiger partial charge in [-0.05, 0) is 37.2 Å². The number of thioether (sulfide) groups is 1. The van der Waals surface area contributed by atoms with Crippen molar-refractivity contribution in [2.24, 2.45) is 0 Å². The Labute approximate surface area is 198 Å². The van der Waals surface area contributed by atoms with Gasteiger partial charge in [-0.1, -0.05) is 54.6 Å². The van der Waals surface area contributed by atoms with E-state index in [0.717, 1.165) is 61.1 Å². The summed E-state index contributed by atoms with van der Waals surface area (Å²) < 4.78 is 0. The van der Waals surface area contributed by atoms with Crippen molar-refractivity contribution in [3.05, 3.63) is 83.3 Å². The Hall–Kier alpha value is -2.91. The van der Waals surface area contributed by atoms with Gasteiger partial charge in [0.2, 0.25) is 0 Å². The van der Waals surface area contributed by atoms with Gasteiger partial charge in [0.25, 0.3) is 0 Å². The minimum atomic E-state index is -0.632. The number of aryl methyl sites for hydroxylation is 1. The summed E-state index contributed by atoms with van der Waals surface area (Å²) in [7, 11) is 0. The molecule has 0 radical (unpaired) electrons. The summed E-state index contributed by atoms with van der Waals surface area (Å²) in [6.45, 7) is 5.36.